The van der Waals surface area contributed by atoms with E-state index in [0.29, 0.717) is 19.3 Å². The first kappa shape index (κ1) is 40.8. The van der Waals surface area contributed by atoms with Crippen molar-refractivity contribution in [2.24, 2.45) is 23.7 Å². The molecule has 0 radical (unpaired) electrons. The molecule has 2 bridgehead atoms. The number of ether oxygens (including phenoxy) is 6. The molecule has 0 amide bonds. The predicted octanol–water partition coefficient (Wildman–Crippen LogP) is 3.19. The summed E-state index contributed by atoms with van der Waals surface area (Å²) >= 11 is 0. The zero-order valence-electron chi connectivity index (χ0n) is 32.0. The molecule has 3 N–H and O–H groups in total. The molecule has 4 aliphatic rings. The highest BCUT2D eigenvalue weighted by Gasteiger charge is 2.66. The fraction of sp³-hybridized carbons (Fsp3) is 0.972. The van der Waals surface area contributed by atoms with Crippen molar-refractivity contribution in [3.05, 3.63) is 0 Å². The van der Waals surface area contributed by atoms with Crippen LogP contribution in [0.2, 0.25) is 0 Å². The Bertz CT molecular complexity index is 1100. The molecule has 4 saturated heterocycles. The molecule has 0 aromatic rings. The monoisotopic (exact) mass is 703 g/mol. The minimum Gasteiger partial charge on any atom is -0.459 e. The summed E-state index contributed by atoms with van der Waals surface area (Å²) in [4.78, 5) is 28.7. The van der Waals surface area contributed by atoms with Gasteiger partial charge in [0.15, 0.2) is 6.29 Å². The zero-order valence-corrected chi connectivity index (χ0v) is 32.0. The molecule has 0 saturated carbocycles. The van der Waals surface area contributed by atoms with Crippen LogP contribution in [0, 0.1) is 23.7 Å². The fourth-order valence-electron chi connectivity index (χ4n) is 8.82. The number of nitrogens with zero attached hydrogens (tertiary/aromatic N) is 1. The van der Waals surface area contributed by atoms with Crippen LogP contribution in [0.5, 0.6) is 0 Å². The van der Waals surface area contributed by atoms with Crippen LogP contribution < -0.4 is 0 Å². The van der Waals surface area contributed by atoms with Gasteiger partial charge in [0.05, 0.1) is 54.6 Å². The predicted molar refractivity (Wildman–Crippen MR) is 179 cm³/mol. The largest absolute Gasteiger partial charge is 0.459 e. The molecule has 4 aliphatic heterocycles. The molecule has 18 atom stereocenters. The number of methoxy groups -OCH3 is 1. The maximum Gasteiger partial charge on any atom is 0.311 e. The lowest BCUT2D eigenvalue weighted by atomic mass is 9.76. The maximum atomic E-state index is 14.2. The van der Waals surface area contributed by atoms with Gasteiger partial charge in [-0.1, -0.05) is 27.7 Å². The minimum absolute atomic E-state index is 0.0240. The van der Waals surface area contributed by atoms with E-state index in [4.69, 9.17) is 38.2 Å². The zero-order chi connectivity index (χ0) is 36.8. The van der Waals surface area contributed by atoms with Crippen molar-refractivity contribution < 1.29 is 58.3 Å². The number of carbonyl (C=O) groups excluding carboxylic acids is 1. The third-order valence-electron chi connectivity index (χ3n) is 11.8. The summed E-state index contributed by atoms with van der Waals surface area (Å²) in [6.45, 7) is 18.5. The molecule has 0 spiro atoms. The van der Waals surface area contributed by atoms with Crippen LogP contribution in [0.1, 0.15) is 94.9 Å². The SMILES string of the molecule is CC[C@@H](O)[C@@](C)(O)[C@@H]1OC(=O)[C@H](C)[C@@H](O[C@H]2CC3(OC)O[C@H]3C(C)O2)[C@H](C)C(OOC(C)CC(C(C)O)N(C)C)[C@@]2(C)CC(C)C(O2)[C@@H]1C. The van der Waals surface area contributed by atoms with Gasteiger partial charge in [0.2, 0.25) is 5.79 Å². The summed E-state index contributed by atoms with van der Waals surface area (Å²) in [6, 6.07) is -0.159. The van der Waals surface area contributed by atoms with Gasteiger partial charge in [-0.2, -0.15) is 0 Å². The highest BCUT2D eigenvalue weighted by Crippen LogP contribution is 2.51. The summed E-state index contributed by atoms with van der Waals surface area (Å²) in [7, 11) is 5.42. The Hall–Kier alpha value is -0.970. The van der Waals surface area contributed by atoms with Gasteiger partial charge in [-0.3, -0.25) is 4.79 Å². The van der Waals surface area contributed by atoms with Gasteiger partial charge < -0.3 is 48.6 Å². The van der Waals surface area contributed by atoms with E-state index in [2.05, 4.69) is 6.92 Å². The third-order valence-corrected chi connectivity index (χ3v) is 11.8. The molecule has 4 fully saturated rings. The minimum atomic E-state index is -1.76. The normalized spacial score (nSPS) is 45.0. The fourth-order valence-corrected chi connectivity index (χ4v) is 8.82. The molecule has 8 unspecified atom stereocenters. The average molecular weight is 704 g/mol. The molecule has 4 heterocycles. The summed E-state index contributed by atoms with van der Waals surface area (Å²) in [5, 5.41) is 33.1. The van der Waals surface area contributed by atoms with Gasteiger partial charge in [0.25, 0.3) is 0 Å². The number of cyclic esters (lactones) is 1. The van der Waals surface area contributed by atoms with Gasteiger partial charge >= 0.3 is 5.97 Å². The van der Waals surface area contributed by atoms with E-state index in [1.807, 2.05) is 53.6 Å². The summed E-state index contributed by atoms with van der Waals surface area (Å²) in [5.41, 5.74) is -2.66. The maximum absolute atomic E-state index is 14.2. The standard InChI is InChI=1S/C36H65NO12/c1-14-26(39)35(10,41)31-20(4)28-18(2)16-34(9,46-28)30(49-48-19(3)15-25(23(7)38)37(11)12)21(5)29(22(6)33(40)45-31)44-27-17-36(42-13)32(47-36)24(8)43-27/h18-32,38-39,41H,14-17H2,1-13H3/t18?,19?,20-,21-,22+,23?,24?,25?,26+,27-,28?,29-,30?,31+,32-,34+,35+,36?/m0/s1. The average Bonchev–Trinajstić information content (AvgIpc) is 3.69. The Morgan fingerprint density at radius 2 is 1.71 bits per heavy atom. The van der Waals surface area contributed by atoms with E-state index < -0.39 is 89.7 Å². The third kappa shape index (κ3) is 8.32. The Labute approximate surface area is 293 Å². The smallest absolute Gasteiger partial charge is 0.311 e. The summed E-state index contributed by atoms with van der Waals surface area (Å²) in [6.07, 6.45) is -4.80. The first-order chi connectivity index (χ1) is 22.7. The van der Waals surface area contributed by atoms with E-state index in [1.165, 1.54) is 6.92 Å². The van der Waals surface area contributed by atoms with Gasteiger partial charge in [-0.05, 0) is 80.8 Å². The van der Waals surface area contributed by atoms with Gasteiger partial charge in [-0.15, -0.1) is 0 Å². The number of hydrogen-bond donors (Lipinski definition) is 3. The van der Waals surface area contributed by atoms with Crippen molar-refractivity contribution >= 4 is 5.97 Å². The number of hydrogen-bond acceptors (Lipinski definition) is 13. The van der Waals surface area contributed by atoms with Crippen LogP contribution >= 0.6 is 0 Å². The number of carbonyl (C=O) groups is 1. The molecule has 13 nitrogen and oxygen atoms in total. The lowest BCUT2D eigenvalue weighted by molar-refractivity contribution is -0.389. The number of aliphatic hydroxyl groups is 3. The van der Waals surface area contributed by atoms with Crippen molar-refractivity contribution in [3.63, 3.8) is 0 Å². The van der Waals surface area contributed by atoms with E-state index in [9.17, 15) is 20.1 Å². The second-order valence-electron chi connectivity index (χ2n) is 16.2. The van der Waals surface area contributed by atoms with Gasteiger partial charge in [-0.25, -0.2) is 9.78 Å². The Kier molecular flexibility index (Phi) is 13.0. The van der Waals surface area contributed by atoms with Gasteiger partial charge in [0.1, 0.15) is 23.9 Å². The first-order valence-electron chi connectivity index (χ1n) is 18.2. The number of esters is 1. The van der Waals surface area contributed by atoms with E-state index in [1.54, 1.807) is 27.9 Å². The quantitative estimate of drug-likeness (QED) is 0.111. The molecule has 13 heteroatoms. The molecule has 0 aliphatic carbocycles. The van der Waals surface area contributed by atoms with Crippen LogP contribution in [0.15, 0.2) is 0 Å². The second-order valence-corrected chi connectivity index (χ2v) is 16.2. The van der Waals surface area contributed by atoms with Crippen molar-refractivity contribution in [2.45, 2.75) is 179 Å². The summed E-state index contributed by atoms with van der Waals surface area (Å²) in [5.74, 6) is -3.28. The lowest BCUT2D eigenvalue weighted by Gasteiger charge is -2.42. The number of rotatable bonds is 13. The number of fused-ring (bicyclic) bond motifs is 3. The van der Waals surface area contributed by atoms with Gasteiger partial charge in [0, 0.05) is 25.0 Å². The Morgan fingerprint density at radius 1 is 1.06 bits per heavy atom. The highest BCUT2D eigenvalue weighted by molar-refractivity contribution is 5.73. The molecule has 49 heavy (non-hydrogen) atoms. The number of likely N-dealkylation sites (N-methyl/N-ethyl adjacent to an activating group) is 1. The van der Waals surface area contributed by atoms with Crippen molar-refractivity contribution in [1.29, 1.82) is 0 Å². The van der Waals surface area contributed by atoms with E-state index in [0.717, 1.165) is 0 Å². The van der Waals surface area contributed by atoms with Crippen LogP contribution in [0.4, 0.5) is 0 Å². The molecular weight excluding hydrogens is 638 g/mol. The molecule has 0 aromatic carbocycles. The molecule has 4 rings (SSSR count). The summed E-state index contributed by atoms with van der Waals surface area (Å²) < 4.78 is 37.7. The Morgan fingerprint density at radius 3 is 2.29 bits per heavy atom. The van der Waals surface area contributed by atoms with Crippen LogP contribution in [-0.2, 0) is 43.0 Å². The molecule has 0 aromatic heterocycles. The second kappa shape index (κ2) is 15.6. The lowest BCUT2D eigenvalue weighted by Crippen LogP contribution is -2.57. The van der Waals surface area contributed by atoms with Crippen LogP contribution in [-0.4, -0.2) is 132 Å². The van der Waals surface area contributed by atoms with E-state index >= 15 is 0 Å². The molecular formula is C36H65NO12. The van der Waals surface area contributed by atoms with Crippen molar-refractivity contribution in [3.8, 4) is 0 Å². The van der Waals surface area contributed by atoms with Crippen LogP contribution in [0.3, 0.4) is 0 Å². The Balaban J connectivity index is 1.73. The highest BCUT2D eigenvalue weighted by atomic mass is 17.2. The van der Waals surface area contributed by atoms with Crippen molar-refractivity contribution in [2.75, 3.05) is 21.2 Å². The molecule has 286 valence electrons. The van der Waals surface area contributed by atoms with Crippen molar-refractivity contribution in [1.82, 2.24) is 4.90 Å². The van der Waals surface area contributed by atoms with E-state index in [-0.39, 0.29) is 30.6 Å². The number of epoxide rings is 1. The topological polar surface area (TPSA) is 158 Å². The van der Waals surface area contributed by atoms with Crippen LogP contribution in [0.25, 0.3) is 0 Å². The number of aliphatic hydroxyl groups excluding tert-OH is 2. The first-order valence-corrected chi connectivity index (χ1v) is 18.2.